The van der Waals surface area contributed by atoms with Gasteiger partial charge >= 0.3 is 0 Å². The smallest absolute Gasteiger partial charge is 0.122 e. The summed E-state index contributed by atoms with van der Waals surface area (Å²) in [6.07, 6.45) is 5.62. The zero-order chi connectivity index (χ0) is 16.8. The summed E-state index contributed by atoms with van der Waals surface area (Å²) in [5, 5.41) is 7.35. The first kappa shape index (κ1) is 15.4. The first-order valence-electron chi connectivity index (χ1n) is 9.53. The van der Waals surface area contributed by atoms with Crippen LogP contribution in [0.15, 0.2) is 24.4 Å². The zero-order valence-corrected chi connectivity index (χ0v) is 14.9. The fourth-order valence-corrected chi connectivity index (χ4v) is 4.63. The second kappa shape index (κ2) is 6.15. The molecular weight excluding hydrogens is 312 g/mol. The van der Waals surface area contributed by atoms with E-state index in [0.29, 0.717) is 12.1 Å². The van der Waals surface area contributed by atoms with Crippen molar-refractivity contribution < 1.29 is 4.74 Å². The molecule has 0 amide bonds. The number of aromatic amines is 1. The molecule has 0 aliphatic carbocycles. The van der Waals surface area contributed by atoms with E-state index in [-0.39, 0.29) is 0 Å². The molecule has 0 unspecified atom stereocenters. The molecule has 5 rings (SSSR count). The topological polar surface area (TPSA) is 44.4 Å². The molecule has 1 aromatic heterocycles. The zero-order valence-electron chi connectivity index (χ0n) is 14.9. The number of H-pyrrole nitrogens is 1. The molecule has 0 saturated carbocycles. The highest BCUT2D eigenvalue weighted by atomic mass is 16.5. The van der Waals surface area contributed by atoms with Crippen molar-refractivity contribution >= 4 is 0 Å². The average molecular weight is 338 g/mol. The van der Waals surface area contributed by atoms with Gasteiger partial charge in [0, 0.05) is 56.4 Å². The summed E-state index contributed by atoms with van der Waals surface area (Å²) in [4.78, 5) is 5.24. The number of benzene rings is 1. The quantitative estimate of drug-likeness (QED) is 0.935. The van der Waals surface area contributed by atoms with E-state index >= 15 is 0 Å². The summed E-state index contributed by atoms with van der Waals surface area (Å²) in [5.74, 6) is 1.10. The van der Waals surface area contributed by atoms with E-state index in [1.807, 2.05) is 0 Å². The highest BCUT2D eigenvalue weighted by Crippen LogP contribution is 2.33. The maximum Gasteiger partial charge on any atom is 0.122 e. The predicted octanol–water partition coefficient (Wildman–Crippen LogP) is 2.89. The third-order valence-electron chi connectivity index (χ3n) is 6.30. The van der Waals surface area contributed by atoms with Gasteiger partial charge < -0.3 is 4.74 Å². The van der Waals surface area contributed by atoms with Crippen LogP contribution in [0.25, 0.3) is 0 Å². The molecule has 0 radical (unpaired) electrons. The second-order valence-corrected chi connectivity index (χ2v) is 7.67. The molecule has 1 fully saturated rings. The van der Waals surface area contributed by atoms with Crippen molar-refractivity contribution in [1.29, 1.82) is 0 Å². The molecule has 4 heterocycles. The molecule has 3 aliphatic rings. The molecule has 0 spiro atoms. The lowest BCUT2D eigenvalue weighted by atomic mass is 9.98. The molecule has 3 aliphatic heterocycles. The minimum absolute atomic E-state index is 0.463. The first-order valence-corrected chi connectivity index (χ1v) is 9.53. The van der Waals surface area contributed by atoms with Crippen molar-refractivity contribution in [3.8, 4) is 5.75 Å². The van der Waals surface area contributed by atoms with Crippen molar-refractivity contribution in [1.82, 2.24) is 20.0 Å². The van der Waals surface area contributed by atoms with Crippen molar-refractivity contribution in [3.63, 3.8) is 0 Å². The molecule has 5 nitrogen and oxygen atoms in total. The standard InChI is InChI=1S/C20H26N4O/c1-14(16-3-2-15-6-9-25-20(15)10-16)23-7-4-18(5-8-23)24-12-17-11-21-22-19(17)13-24/h2-3,10-11,14,18H,4-9,12-13H2,1H3,(H,21,22)/t14-/m0/s1. The molecule has 2 aromatic rings. The van der Waals surface area contributed by atoms with Gasteiger partial charge in [0.05, 0.1) is 12.3 Å². The van der Waals surface area contributed by atoms with Crippen LogP contribution >= 0.6 is 0 Å². The Morgan fingerprint density at radius 3 is 2.92 bits per heavy atom. The Bertz CT molecular complexity index is 742. The Morgan fingerprint density at radius 1 is 1.20 bits per heavy atom. The van der Waals surface area contributed by atoms with Gasteiger partial charge in [-0.05, 0) is 37.0 Å². The molecular formula is C20H26N4O. The van der Waals surface area contributed by atoms with Gasteiger partial charge in [-0.15, -0.1) is 0 Å². The summed E-state index contributed by atoms with van der Waals surface area (Å²) in [5.41, 5.74) is 5.38. The Morgan fingerprint density at radius 2 is 2.08 bits per heavy atom. The Hall–Kier alpha value is -1.85. The predicted molar refractivity (Wildman–Crippen MR) is 96.5 cm³/mol. The Labute approximate surface area is 149 Å². The van der Waals surface area contributed by atoms with Gasteiger partial charge in [0.1, 0.15) is 5.75 Å². The van der Waals surface area contributed by atoms with Crippen LogP contribution in [0.3, 0.4) is 0 Å². The van der Waals surface area contributed by atoms with E-state index in [1.54, 1.807) is 0 Å². The van der Waals surface area contributed by atoms with Crippen molar-refractivity contribution in [2.75, 3.05) is 19.7 Å². The summed E-state index contributed by atoms with van der Waals surface area (Å²) < 4.78 is 5.75. The number of ether oxygens (including phenoxy) is 1. The number of fused-ring (bicyclic) bond motifs is 2. The molecule has 1 atom stereocenters. The Kier molecular flexibility index (Phi) is 3.79. The van der Waals surface area contributed by atoms with Crippen LogP contribution in [0, 0.1) is 0 Å². The van der Waals surface area contributed by atoms with Gasteiger partial charge in [-0.2, -0.15) is 5.10 Å². The van der Waals surface area contributed by atoms with Crippen molar-refractivity contribution in [2.24, 2.45) is 0 Å². The maximum absolute atomic E-state index is 5.75. The highest BCUT2D eigenvalue weighted by Gasteiger charge is 2.31. The number of hydrogen-bond acceptors (Lipinski definition) is 4. The fraction of sp³-hybridized carbons (Fsp3) is 0.550. The van der Waals surface area contributed by atoms with Crippen LogP contribution in [0.2, 0.25) is 0 Å². The van der Waals surface area contributed by atoms with Crippen LogP contribution in [0.1, 0.15) is 48.2 Å². The van der Waals surface area contributed by atoms with Gasteiger partial charge in [-0.25, -0.2) is 0 Å². The number of nitrogens with one attached hydrogen (secondary N) is 1. The van der Waals surface area contributed by atoms with Gasteiger partial charge in [-0.3, -0.25) is 14.9 Å². The minimum Gasteiger partial charge on any atom is -0.493 e. The maximum atomic E-state index is 5.75. The number of aromatic nitrogens is 2. The average Bonchev–Trinajstić information content (AvgIpc) is 3.36. The normalized spacial score (nSPS) is 22.6. The van der Waals surface area contributed by atoms with Gasteiger partial charge in [-0.1, -0.05) is 12.1 Å². The summed E-state index contributed by atoms with van der Waals surface area (Å²) in [7, 11) is 0. The van der Waals surface area contributed by atoms with Crippen molar-refractivity contribution in [3.05, 3.63) is 46.8 Å². The monoisotopic (exact) mass is 338 g/mol. The number of likely N-dealkylation sites (tertiary alicyclic amines) is 1. The van der Waals surface area contributed by atoms with E-state index in [2.05, 4.69) is 51.3 Å². The fourth-order valence-electron chi connectivity index (χ4n) is 4.63. The number of rotatable bonds is 3. The second-order valence-electron chi connectivity index (χ2n) is 7.67. The lowest BCUT2D eigenvalue weighted by Crippen LogP contribution is -2.43. The molecule has 1 N–H and O–H groups in total. The number of hydrogen-bond donors (Lipinski definition) is 1. The molecule has 1 saturated heterocycles. The van der Waals surface area contributed by atoms with E-state index in [9.17, 15) is 0 Å². The molecule has 132 valence electrons. The third-order valence-corrected chi connectivity index (χ3v) is 6.30. The summed E-state index contributed by atoms with van der Waals surface area (Å²) >= 11 is 0. The van der Waals surface area contributed by atoms with E-state index in [1.165, 1.54) is 48.3 Å². The minimum atomic E-state index is 0.463. The Balaban J connectivity index is 1.21. The van der Waals surface area contributed by atoms with E-state index in [4.69, 9.17) is 4.74 Å². The van der Waals surface area contributed by atoms with Crippen LogP contribution < -0.4 is 4.74 Å². The summed E-state index contributed by atoms with van der Waals surface area (Å²) in [6, 6.07) is 7.97. The van der Waals surface area contributed by atoms with Crippen molar-refractivity contribution in [2.45, 2.75) is 51.4 Å². The lowest BCUT2D eigenvalue weighted by Gasteiger charge is -2.39. The molecule has 1 aromatic carbocycles. The van der Waals surface area contributed by atoms with E-state index < -0.39 is 0 Å². The first-order chi connectivity index (χ1) is 12.3. The van der Waals surface area contributed by atoms with Gasteiger partial charge in [0.2, 0.25) is 0 Å². The van der Waals surface area contributed by atoms with Gasteiger partial charge in [0.25, 0.3) is 0 Å². The molecule has 5 heteroatoms. The molecule has 0 bridgehead atoms. The number of piperidine rings is 1. The van der Waals surface area contributed by atoms with Crippen LogP contribution in [0.4, 0.5) is 0 Å². The van der Waals surface area contributed by atoms with Crippen LogP contribution in [0.5, 0.6) is 5.75 Å². The molecule has 25 heavy (non-hydrogen) atoms. The third kappa shape index (κ3) is 2.75. The largest absolute Gasteiger partial charge is 0.493 e. The van der Waals surface area contributed by atoms with Gasteiger partial charge in [0.15, 0.2) is 0 Å². The van der Waals surface area contributed by atoms with Crippen LogP contribution in [-0.2, 0) is 19.5 Å². The lowest BCUT2D eigenvalue weighted by molar-refractivity contribution is 0.0854. The number of nitrogens with zero attached hydrogens (tertiary/aromatic N) is 3. The van der Waals surface area contributed by atoms with Crippen LogP contribution in [-0.4, -0.2) is 45.7 Å². The highest BCUT2D eigenvalue weighted by molar-refractivity contribution is 5.41. The van der Waals surface area contributed by atoms with E-state index in [0.717, 1.165) is 31.9 Å². The SMILES string of the molecule is C[C@@H](c1ccc2c(c1)OCC2)N1CCC(N2Cc3c[nH]nc3C2)CC1. The summed E-state index contributed by atoms with van der Waals surface area (Å²) in [6.45, 7) is 7.59.